The molecule has 0 saturated heterocycles. The molecule has 0 aliphatic rings. The van der Waals surface area contributed by atoms with Crippen LogP contribution < -0.4 is 5.32 Å². The highest BCUT2D eigenvalue weighted by molar-refractivity contribution is 5.99. The van der Waals surface area contributed by atoms with Crippen LogP contribution in [0.4, 0.5) is 15.8 Å². The maximum absolute atomic E-state index is 13.8. The van der Waals surface area contributed by atoms with Crippen molar-refractivity contribution in [2.45, 2.75) is 20.3 Å². The molecular weight excluding hydrogens is 265 g/mol. The van der Waals surface area contributed by atoms with Crippen LogP contribution in [0, 0.1) is 15.9 Å². The van der Waals surface area contributed by atoms with Crippen molar-refractivity contribution in [1.29, 1.82) is 0 Å². The van der Waals surface area contributed by atoms with Crippen molar-refractivity contribution < 1.29 is 14.1 Å². The van der Waals surface area contributed by atoms with E-state index in [1.165, 1.54) is 18.0 Å². The van der Waals surface area contributed by atoms with Gasteiger partial charge in [-0.2, -0.15) is 0 Å². The minimum atomic E-state index is -0.747. The first-order chi connectivity index (χ1) is 9.42. The number of hydrogen-bond acceptors (Lipinski definition) is 4. The summed E-state index contributed by atoms with van der Waals surface area (Å²) >= 11 is 0. The zero-order valence-electron chi connectivity index (χ0n) is 11.8. The molecule has 1 aromatic rings. The molecule has 1 amide bonds. The van der Waals surface area contributed by atoms with Gasteiger partial charge in [-0.15, -0.1) is 0 Å². The minimum Gasteiger partial charge on any atom is -0.383 e. The fourth-order valence-electron chi connectivity index (χ4n) is 1.63. The predicted molar refractivity (Wildman–Crippen MR) is 74.5 cm³/mol. The van der Waals surface area contributed by atoms with Gasteiger partial charge in [0.25, 0.3) is 11.6 Å². The molecule has 6 nitrogen and oxygen atoms in total. The Morgan fingerprint density at radius 2 is 2.10 bits per heavy atom. The Hall–Kier alpha value is -2.18. The van der Waals surface area contributed by atoms with Crippen molar-refractivity contribution in [3.8, 4) is 0 Å². The standard InChI is InChI=1S/C13H18FN3O3/c1-4-6-15-11-7-9(13(18)16(3)5-2)12(17(19)20)8-10(11)14/h7-8,15H,4-6H2,1-3H3. The van der Waals surface area contributed by atoms with Gasteiger partial charge in [0.1, 0.15) is 5.56 Å². The lowest BCUT2D eigenvalue weighted by atomic mass is 10.1. The van der Waals surface area contributed by atoms with Gasteiger partial charge in [-0.05, 0) is 19.4 Å². The van der Waals surface area contributed by atoms with Gasteiger partial charge in [-0.1, -0.05) is 6.92 Å². The molecule has 0 aliphatic heterocycles. The average molecular weight is 283 g/mol. The van der Waals surface area contributed by atoms with Crippen LogP contribution in [-0.2, 0) is 0 Å². The summed E-state index contributed by atoms with van der Waals surface area (Å²) in [7, 11) is 1.54. The van der Waals surface area contributed by atoms with Crippen LogP contribution in [0.5, 0.6) is 0 Å². The molecule has 0 radical (unpaired) electrons. The number of hydrogen-bond donors (Lipinski definition) is 1. The van der Waals surface area contributed by atoms with Crippen molar-refractivity contribution in [2.24, 2.45) is 0 Å². The number of amides is 1. The SMILES string of the molecule is CCCNc1cc(C(=O)N(C)CC)c([N+](=O)[O-])cc1F. The second-order valence-corrected chi connectivity index (χ2v) is 4.35. The normalized spacial score (nSPS) is 10.2. The van der Waals surface area contributed by atoms with Crippen molar-refractivity contribution in [2.75, 3.05) is 25.5 Å². The van der Waals surface area contributed by atoms with Crippen LogP contribution >= 0.6 is 0 Å². The lowest BCUT2D eigenvalue weighted by molar-refractivity contribution is -0.385. The van der Waals surface area contributed by atoms with Gasteiger partial charge in [0.15, 0.2) is 5.82 Å². The molecule has 0 fully saturated rings. The maximum atomic E-state index is 13.8. The highest BCUT2D eigenvalue weighted by atomic mass is 19.1. The van der Waals surface area contributed by atoms with Crippen molar-refractivity contribution in [3.05, 3.63) is 33.6 Å². The summed E-state index contributed by atoms with van der Waals surface area (Å²) < 4.78 is 13.8. The number of halogens is 1. The summed E-state index contributed by atoms with van der Waals surface area (Å²) in [5, 5.41) is 13.8. The second-order valence-electron chi connectivity index (χ2n) is 4.35. The minimum absolute atomic E-state index is 0.102. The molecule has 0 atom stereocenters. The van der Waals surface area contributed by atoms with Gasteiger partial charge in [-0.25, -0.2) is 4.39 Å². The molecule has 1 aromatic carbocycles. The number of nitrogens with zero attached hydrogens (tertiary/aromatic N) is 2. The summed E-state index contributed by atoms with van der Waals surface area (Å²) in [6.07, 6.45) is 0.772. The quantitative estimate of drug-likeness (QED) is 0.643. The summed E-state index contributed by atoms with van der Waals surface area (Å²) in [6.45, 7) is 4.59. The highest BCUT2D eigenvalue weighted by Crippen LogP contribution is 2.27. The molecule has 0 aliphatic carbocycles. The molecule has 110 valence electrons. The molecule has 1 N–H and O–H groups in total. The van der Waals surface area contributed by atoms with E-state index in [4.69, 9.17) is 0 Å². The number of nitro groups is 1. The van der Waals surface area contributed by atoms with Crippen LogP contribution in [0.15, 0.2) is 12.1 Å². The monoisotopic (exact) mass is 283 g/mol. The fraction of sp³-hybridized carbons (Fsp3) is 0.462. The predicted octanol–water partition coefficient (Wildman–Crippen LogP) is 2.65. The Morgan fingerprint density at radius 3 is 2.60 bits per heavy atom. The van der Waals surface area contributed by atoms with E-state index < -0.39 is 22.3 Å². The third kappa shape index (κ3) is 3.43. The third-order valence-corrected chi connectivity index (χ3v) is 2.90. The number of carbonyl (C=O) groups excluding carboxylic acids is 1. The van der Waals surface area contributed by atoms with E-state index in [0.29, 0.717) is 13.1 Å². The summed E-state index contributed by atoms with van der Waals surface area (Å²) in [5.41, 5.74) is -0.528. The molecule has 0 bridgehead atoms. The Kier molecular flexibility index (Phi) is 5.42. The molecule has 20 heavy (non-hydrogen) atoms. The smallest absolute Gasteiger partial charge is 0.285 e. The van der Waals surface area contributed by atoms with Crippen LogP contribution in [0.25, 0.3) is 0 Å². The van der Waals surface area contributed by atoms with Crippen molar-refractivity contribution in [1.82, 2.24) is 4.90 Å². The van der Waals surface area contributed by atoms with E-state index in [9.17, 15) is 19.3 Å². The Balaban J connectivity index is 3.30. The van der Waals surface area contributed by atoms with E-state index in [2.05, 4.69) is 5.32 Å². The van der Waals surface area contributed by atoms with Crippen LogP contribution in [0.1, 0.15) is 30.6 Å². The first-order valence-corrected chi connectivity index (χ1v) is 6.39. The Labute approximate surface area is 116 Å². The lowest BCUT2D eigenvalue weighted by Crippen LogP contribution is -2.27. The van der Waals surface area contributed by atoms with Gasteiger partial charge in [0.05, 0.1) is 16.7 Å². The zero-order chi connectivity index (χ0) is 15.3. The summed E-state index contributed by atoms with van der Waals surface area (Å²) in [5.74, 6) is -1.24. The molecular formula is C13H18FN3O3. The summed E-state index contributed by atoms with van der Waals surface area (Å²) in [4.78, 5) is 23.7. The van der Waals surface area contributed by atoms with E-state index in [-0.39, 0.29) is 11.3 Å². The van der Waals surface area contributed by atoms with Crippen molar-refractivity contribution in [3.63, 3.8) is 0 Å². The molecule has 0 heterocycles. The van der Waals surface area contributed by atoms with Crippen molar-refractivity contribution >= 4 is 17.3 Å². The lowest BCUT2D eigenvalue weighted by Gasteiger charge is -2.15. The molecule has 0 saturated carbocycles. The van der Waals surface area contributed by atoms with E-state index in [0.717, 1.165) is 12.5 Å². The Bertz CT molecular complexity index is 520. The molecule has 1 rings (SSSR count). The number of nitrogens with one attached hydrogen (secondary N) is 1. The van der Waals surface area contributed by atoms with Gasteiger partial charge < -0.3 is 10.2 Å². The second kappa shape index (κ2) is 6.83. The average Bonchev–Trinajstić information content (AvgIpc) is 2.43. The van der Waals surface area contributed by atoms with E-state index in [1.54, 1.807) is 6.92 Å². The third-order valence-electron chi connectivity index (χ3n) is 2.90. The number of carbonyl (C=O) groups is 1. The van der Waals surface area contributed by atoms with Gasteiger partial charge in [0, 0.05) is 20.1 Å². The molecule has 0 spiro atoms. The molecule has 7 heteroatoms. The van der Waals surface area contributed by atoms with E-state index in [1.807, 2.05) is 6.92 Å². The maximum Gasteiger partial charge on any atom is 0.285 e. The number of anilines is 1. The van der Waals surface area contributed by atoms with Gasteiger partial charge in [0.2, 0.25) is 0 Å². The number of benzene rings is 1. The van der Waals surface area contributed by atoms with Gasteiger partial charge >= 0.3 is 0 Å². The largest absolute Gasteiger partial charge is 0.383 e. The topological polar surface area (TPSA) is 75.5 Å². The van der Waals surface area contributed by atoms with Crippen LogP contribution in [0.2, 0.25) is 0 Å². The van der Waals surface area contributed by atoms with Crippen LogP contribution in [-0.4, -0.2) is 35.9 Å². The molecule has 0 aromatic heterocycles. The summed E-state index contributed by atoms with van der Waals surface area (Å²) in [6, 6.07) is 1.99. The first kappa shape index (κ1) is 15.9. The number of rotatable bonds is 6. The fourth-order valence-corrected chi connectivity index (χ4v) is 1.63. The van der Waals surface area contributed by atoms with E-state index >= 15 is 0 Å². The highest BCUT2D eigenvalue weighted by Gasteiger charge is 2.25. The van der Waals surface area contributed by atoms with Crippen LogP contribution in [0.3, 0.4) is 0 Å². The zero-order valence-corrected chi connectivity index (χ0v) is 11.8. The number of nitro benzene ring substituents is 1. The Morgan fingerprint density at radius 1 is 1.45 bits per heavy atom. The van der Waals surface area contributed by atoms with Gasteiger partial charge in [-0.3, -0.25) is 14.9 Å². The molecule has 0 unspecified atom stereocenters. The first-order valence-electron chi connectivity index (χ1n) is 6.39.